The zero-order chi connectivity index (χ0) is 13.0. The highest BCUT2D eigenvalue weighted by Gasteiger charge is 2.41. The summed E-state index contributed by atoms with van der Waals surface area (Å²) < 4.78 is 10.7. The van der Waals surface area contributed by atoms with Crippen LogP contribution < -0.4 is 20.1 Å². The Bertz CT molecular complexity index is 604. The van der Waals surface area contributed by atoms with Crippen LogP contribution in [-0.4, -0.2) is 36.2 Å². The second kappa shape index (κ2) is 3.80. The van der Waals surface area contributed by atoms with Crippen molar-refractivity contribution in [2.24, 2.45) is 10.7 Å². The fraction of sp³-hybridized carbons (Fsp3) is 0.333. The number of carbonyl (C=O) groups excluding carboxylic acids is 1. The summed E-state index contributed by atoms with van der Waals surface area (Å²) in [6.45, 7) is 0.247. The lowest BCUT2D eigenvalue weighted by Gasteiger charge is -2.29. The van der Waals surface area contributed by atoms with Gasteiger partial charge in [0.2, 0.25) is 12.7 Å². The SMILES string of the molecule is NC(=O)C1SCN2c3cc4c(cc3C=NC12)OCO4. The highest BCUT2D eigenvalue weighted by Crippen LogP contribution is 2.43. The maximum absolute atomic E-state index is 11.4. The van der Waals surface area contributed by atoms with Crippen LogP contribution in [0.5, 0.6) is 11.5 Å². The molecule has 0 aromatic heterocycles. The summed E-state index contributed by atoms with van der Waals surface area (Å²) in [5.74, 6) is 1.85. The standard InChI is InChI=1S/C12H11N3O3S/c13-11(16)10-12-14-3-6-1-8-9(18-5-17-8)2-7(6)15(12)4-19-10/h1-3,10,12H,4-5H2,(H2,13,16). The van der Waals surface area contributed by atoms with Crippen molar-refractivity contribution in [2.75, 3.05) is 17.6 Å². The first-order valence-corrected chi connectivity index (χ1v) is 6.93. The van der Waals surface area contributed by atoms with Gasteiger partial charge < -0.3 is 20.1 Å². The predicted octanol–water partition coefficient (Wildman–Crippen LogP) is 0.538. The molecule has 1 saturated heterocycles. The first-order chi connectivity index (χ1) is 9.24. The third kappa shape index (κ3) is 1.51. The Morgan fingerprint density at radius 1 is 1.42 bits per heavy atom. The van der Waals surface area contributed by atoms with Gasteiger partial charge in [-0.1, -0.05) is 0 Å². The molecule has 98 valence electrons. The molecule has 0 spiro atoms. The van der Waals surface area contributed by atoms with Gasteiger partial charge in [-0.2, -0.15) is 0 Å². The number of aliphatic imine (C=N–C) groups is 1. The molecule has 0 aliphatic carbocycles. The minimum absolute atomic E-state index is 0.213. The van der Waals surface area contributed by atoms with E-state index in [0.29, 0.717) is 5.88 Å². The number of rotatable bonds is 1. The van der Waals surface area contributed by atoms with Crippen LogP contribution in [0.1, 0.15) is 5.56 Å². The van der Waals surface area contributed by atoms with E-state index in [1.54, 1.807) is 6.21 Å². The van der Waals surface area contributed by atoms with Crippen LogP contribution in [0, 0.1) is 0 Å². The molecule has 1 fully saturated rings. The maximum atomic E-state index is 11.4. The topological polar surface area (TPSA) is 77.2 Å². The molecular weight excluding hydrogens is 266 g/mol. The molecular formula is C12H11N3O3S. The van der Waals surface area contributed by atoms with E-state index in [0.717, 1.165) is 22.7 Å². The Labute approximate surface area is 113 Å². The van der Waals surface area contributed by atoms with Gasteiger partial charge in [0.15, 0.2) is 11.5 Å². The molecule has 2 atom stereocenters. The Kier molecular flexibility index (Phi) is 2.20. The summed E-state index contributed by atoms with van der Waals surface area (Å²) in [6, 6.07) is 3.86. The molecule has 0 radical (unpaired) electrons. The van der Waals surface area contributed by atoms with Crippen molar-refractivity contribution in [1.82, 2.24) is 0 Å². The highest BCUT2D eigenvalue weighted by atomic mass is 32.2. The molecule has 3 heterocycles. The van der Waals surface area contributed by atoms with Crippen molar-refractivity contribution < 1.29 is 14.3 Å². The molecule has 19 heavy (non-hydrogen) atoms. The van der Waals surface area contributed by atoms with E-state index in [-0.39, 0.29) is 24.1 Å². The Morgan fingerprint density at radius 2 is 2.21 bits per heavy atom. The predicted molar refractivity (Wildman–Crippen MR) is 71.9 cm³/mol. The maximum Gasteiger partial charge on any atom is 0.234 e. The van der Waals surface area contributed by atoms with E-state index in [2.05, 4.69) is 9.89 Å². The number of ether oxygens (including phenoxy) is 2. The Hall–Kier alpha value is -1.89. The summed E-state index contributed by atoms with van der Waals surface area (Å²) in [4.78, 5) is 17.9. The molecule has 1 aromatic carbocycles. The number of thioether (sulfide) groups is 1. The third-order valence-corrected chi connectivity index (χ3v) is 4.72. The van der Waals surface area contributed by atoms with Gasteiger partial charge in [0.1, 0.15) is 11.4 Å². The Morgan fingerprint density at radius 3 is 3.00 bits per heavy atom. The quantitative estimate of drug-likeness (QED) is 0.810. The largest absolute Gasteiger partial charge is 0.454 e. The van der Waals surface area contributed by atoms with Gasteiger partial charge in [0.25, 0.3) is 0 Å². The number of hydrogen-bond donors (Lipinski definition) is 1. The molecule has 0 saturated carbocycles. The van der Waals surface area contributed by atoms with Crippen LogP contribution in [0.25, 0.3) is 0 Å². The van der Waals surface area contributed by atoms with E-state index in [1.165, 1.54) is 11.8 Å². The first kappa shape index (κ1) is 11.0. The summed E-state index contributed by atoms with van der Waals surface area (Å²) in [5, 5.41) is -0.296. The third-order valence-electron chi connectivity index (χ3n) is 3.46. The van der Waals surface area contributed by atoms with Gasteiger partial charge in [-0.25, -0.2) is 0 Å². The fourth-order valence-electron chi connectivity index (χ4n) is 2.54. The van der Waals surface area contributed by atoms with Crippen molar-refractivity contribution in [3.05, 3.63) is 17.7 Å². The van der Waals surface area contributed by atoms with Crippen LogP contribution in [0.3, 0.4) is 0 Å². The highest BCUT2D eigenvalue weighted by molar-refractivity contribution is 8.01. The number of primary amides is 1. The zero-order valence-corrected chi connectivity index (χ0v) is 10.7. The number of hydrogen-bond acceptors (Lipinski definition) is 6. The second-order valence-corrected chi connectivity index (χ2v) is 5.64. The van der Waals surface area contributed by atoms with Gasteiger partial charge in [0.05, 0.1) is 11.6 Å². The van der Waals surface area contributed by atoms with Crippen molar-refractivity contribution in [3.63, 3.8) is 0 Å². The molecule has 1 aromatic rings. The molecule has 6 nitrogen and oxygen atoms in total. The summed E-state index contributed by atoms with van der Waals surface area (Å²) >= 11 is 1.52. The minimum atomic E-state index is -0.321. The lowest BCUT2D eigenvalue weighted by atomic mass is 10.1. The van der Waals surface area contributed by atoms with Crippen LogP contribution in [-0.2, 0) is 4.79 Å². The molecule has 3 aliphatic heterocycles. The van der Waals surface area contributed by atoms with Crippen LogP contribution in [0.15, 0.2) is 17.1 Å². The molecule has 2 N–H and O–H groups in total. The smallest absolute Gasteiger partial charge is 0.234 e. The number of amides is 1. The lowest BCUT2D eigenvalue weighted by molar-refractivity contribution is -0.117. The summed E-state index contributed by atoms with van der Waals surface area (Å²) in [6.07, 6.45) is 1.57. The van der Waals surface area contributed by atoms with Gasteiger partial charge >= 0.3 is 0 Å². The van der Waals surface area contributed by atoms with Gasteiger partial charge in [0, 0.05) is 17.8 Å². The van der Waals surface area contributed by atoms with Crippen molar-refractivity contribution in [3.8, 4) is 11.5 Å². The lowest BCUT2D eigenvalue weighted by Crippen LogP contribution is -2.41. The van der Waals surface area contributed by atoms with Crippen LogP contribution in [0.4, 0.5) is 5.69 Å². The van der Waals surface area contributed by atoms with E-state index < -0.39 is 0 Å². The van der Waals surface area contributed by atoms with Crippen LogP contribution in [0.2, 0.25) is 0 Å². The molecule has 3 aliphatic rings. The summed E-state index contributed by atoms with van der Waals surface area (Å²) in [5.41, 5.74) is 7.40. The van der Waals surface area contributed by atoms with E-state index >= 15 is 0 Å². The van der Waals surface area contributed by atoms with E-state index in [4.69, 9.17) is 15.2 Å². The number of benzene rings is 1. The van der Waals surface area contributed by atoms with Crippen molar-refractivity contribution >= 4 is 29.6 Å². The minimum Gasteiger partial charge on any atom is -0.454 e. The number of nitrogens with two attached hydrogens (primary N) is 1. The van der Waals surface area contributed by atoms with Crippen LogP contribution >= 0.6 is 11.8 Å². The van der Waals surface area contributed by atoms with E-state index in [1.807, 2.05) is 12.1 Å². The van der Waals surface area contributed by atoms with Crippen molar-refractivity contribution in [2.45, 2.75) is 11.4 Å². The zero-order valence-electron chi connectivity index (χ0n) is 9.91. The molecule has 2 unspecified atom stereocenters. The number of anilines is 1. The van der Waals surface area contributed by atoms with Gasteiger partial charge in [-0.05, 0) is 6.07 Å². The first-order valence-electron chi connectivity index (χ1n) is 5.88. The monoisotopic (exact) mass is 277 g/mol. The molecule has 0 bridgehead atoms. The number of fused-ring (bicyclic) bond motifs is 4. The molecule has 1 amide bonds. The van der Waals surface area contributed by atoms with Gasteiger partial charge in [-0.15, -0.1) is 11.8 Å². The Balaban J connectivity index is 1.78. The number of nitrogens with zero attached hydrogens (tertiary/aromatic N) is 2. The molecule has 7 heteroatoms. The molecule has 4 rings (SSSR count). The average Bonchev–Trinajstić information content (AvgIpc) is 3.01. The number of carbonyl (C=O) groups is 1. The van der Waals surface area contributed by atoms with Crippen molar-refractivity contribution in [1.29, 1.82) is 0 Å². The van der Waals surface area contributed by atoms with E-state index in [9.17, 15) is 4.79 Å². The van der Waals surface area contributed by atoms with Gasteiger partial charge in [-0.3, -0.25) is 9.79 Å². The fourth-order valence-corrected chi connectivity index (χ4v) is 3.71. The average molecular weight is 277 g/mol. The second-order valence-electron chi connectivity index (χ2n) is 4.54. The summed E-state index contributed by atoms with van der Waals surface area (Å²) in [7, 11) is 0. The normalized spacial score (nSPS) is 26.2.